The van der Waals surface area contributed by atoms with Gasteiger partial charge in [-0.25, -0.2) is 4.79 Å². The molecular weight excluding hydrogens is 234 g/mol. The number of rotatable bonds is 3. The number of aliphatic carboxylic acids is 1. The first kappa shape index (κ1) is 14.8. The molecule has 0 radical (unpaired) electrons. The first-order valence-electron chi connectivity index (χ1n) is 6.31. The number of carboxylic acid groups (broad SMARTS) is 1. The van der Waals surface area contributed by atoms with Crippen molar-refractivity contribution in [2.45, 2.75) is 58.6 Å². The number of hydrogen-bond donors (Lipinski definition) is 1. The van der Waals surface area contributed by atoms with Crippen LogP contribution in [-0.2, 0) is 9.53 Å². The van der Waals surface area contributed by atoms with Crippen molar-refractivity contribution in [2.24, 2.45) is 5.92 Å². The smallest absolute Gasteiger partial charge is 0.410 e. The molecule has 1 heterocycles. The van der Waals surface area contributed by atoms with Crippen LogP contribution in [0.25, 0.3) is 0 Å². The van der Waals surface area contributed by atoms with Crippen molar-refractivity contribution in [1.29, 1.82) is 0 Å². The van der Waals surface area contributed by atoms with Crippen molar-refractivity contribution >= 4 is 12.1 Å². The Morgan fingerprint density at radius 3 is 2.22 bits per heavy atom. The molecule has 1 unspecified atom stereocenters. The van der Waals surface area contributed by atoms with Gasteiger partial charge in [-0.1, -0.05) is 13.8 Å². The van der Waals surface area contributed by atoms with E-state index in [-0.39, 0.29) is 12.3 Å². The molecule has 0 aromatic carbocycles. The van der Waals surface area contributed by atoms with E-state index in [2.05, 4.69) is 0 Å². The maximum atomic E-state index is 12.1. The largest absolute Gasteiger partial charge is 0.481 e. The van der Waals surface area contributed by atoms with Crippen LogP contribution in [0.5, 0.6) is 0 Å². The summed E-state index contributed by atoms with van der Waals surface area (Å²) < 4.78 is 5.32. The highest BCUT2D eigenvalue weighted by Gasteiger charge is 2.52. The first-order chi connectivity index (χ1) is 8.08. The lowest BCUT2D eigenvalue weighted by Gasteiger charge is -2.54. The molecule has 0 saturated carbocycles. The van der Waals surface area contributed by atoms with Crippen LogP contribution in [0.3, 0.4) is 0 Å². The second kappa shape index (κ2) is 4.78. The highest BCUT2D eigenvalue weighted by Crippen LogP contribution is 2.41. The van der Waals surface area contributed by atoms with Crippen molar-refractivity contribution in [3.63, 3.8) is 0 Å². The van der Waals surface area contributed by atoms with Crippen LogP contribution in [0.4, 0.5) is 4.79 Å². The number of carboxylic acids is 1. The fraction of sp³-hybridized carbons (Fsp3) is 0.846. The Morgan fingerprint density at radius 1 is 1.39 bits per heavy atom. The maximum absolute atomic E-state index is 12.1. The summed E-state index contributed by atoms with van der Waals surface area (Å²) in [4.78, 5) is 24.6. The summed E-state index contributed by atoms with van der Waals surface area (Å²) >= 11 is 0. The average Bonchev–Trinajstić information content (AvgIpc) is 2.07. The standard InChI is InChI=1S/C13H23NO4/c1-9(2)13(8-10(15)16)6-7-14(13)11(17)18-12(3,4)5/h9H,6-8H2,1-5H3,(H,15,16). The van der Waals surface area contributed by atoms with E-state index >= 15 is 0 Å². The zero-order valence-electron chi connectivity index (χ0n) is 11.8. The molecule has 18 heavy (non-hydrogen) atoms. The van der Waals surface area contributed by atoms with Crippen molar-refractivity contribution < 1.29 is 19.4 Å². The maximum Gasteiger partial charge on any atom is 0.410 e. The molecule has 1 aliphatic heterocycles. The predicted molar refractivity (Wildman–Crippen MR) is 67.4 cm³/mol. The molecule has 104 valence electrons. The second-order valence-electron chi connectivity index (χ2n) is 6.21. The van der Waals surface area contributed by atoms with Gasteiger partial charge in [0.05, 0.1) is 12.0 Å². The van der Waals surface area contributed by atoms with Crippen LogP contribution in [0, 0.1) is 5.92 Å². The number of likely N-dealkylation sites (tertiary alicyclic amines) is 1. The van der Waals surface area contributed by atoms with E-state index in [0.29, 0.717) is 6.54 Å². The normalized spacial score (nSPS) is 23.8. The van der Waals surface area contributed by atoms with E-state index in [1.165, 1.54) is 0 Å². The third-order valence-corrected chi connectivity index (χ3v) is 3.45. The summed E-state index contributed by atoms with van der Waals surface area (Å²) in [6.07, 6.45) is 0.281. The molecule has 1 amide bonds. The Morgan fingerprint density at radius 2 is 1.94 bits per heavy atom. The Labute approximate surface area is 108 Å². The molecule has 0 spiro atoms. The zero-order chi connectivity index (χ0) is 14.1. The average molecular weight is 257 g/mol. The highest BCUT2D eigenvalue weighted by atomic mass is 16.6. The molecule has 0 aromatic rings. The van der Waals surface area contributed by atoms with Crippen molar-refractivity contribution in [3.8, 4) is 0 Å². The van der Waals surface area contributed by atoms with Gasteiger partial charge >= 0.3 is 12.1 Å². The molecule has 1 atom stereocenters. The Balaban J connectivity index is 2.83. The van der Waals surface area contributed by atoms with E-state index in [4.69, 9.17) is 9.84 Å². The highest BCUT2D eigenvalue weighted by molar-refractivity contribution is 5.74. The molecule has 1 N–H and O–H groups in total. The van der Waals surface area contributed by atoms with Gasteiger partial charge in [0.1, 0.15) is 5.60 Å². The molecule has 0 aromatic heterocycles. The Bertz CT molecular complexity index is 345. The van der Waals surface area contributed by atoms with Crippen LogP contribution in [0.2, 0.25) is 0 Å². The number of hydrogen-bond acceptors (Lipinski definition) is 3. The predicted octanol–water partition coefficient (Wildman–Crippen LogP) is 2.50. The number of nitrogens with zero attached hydrogens (tertiary/aromatic N) is 1. The van der Waals surface area contributed by atoms with Crippen molar-refractivity contribution in [3.05, 3.63) is 0 Å². The number of carbonyl (C=O) groups excluding carboxylic acids is 1. The van der Waals surface area contributed by atoms with Gasteiger partial charge in [-0.3, -0.25) is 4.79 Å². The van der Waals surface area contributed by atoms with Crippen LogP contribution in [0.15, 0.2) is 0 Å². The minimum Gasteiger partial charge on any atom is -0.481 e. The van der Waals surface area contributed by atoms with Crippen LogP contribution in [0.1, 0.15) is 47.5 Å². The van der Waals surface area contributed by atoms with Crippen molar-refractivity contribution in [1.82, 2.24) is 4.90 Å². The summed E-state index contributed by atoms with van der Waals surface area (Å²) in [5, 5.41) is 9.02. The monoisotopic (exact) mass is 257 g/mol. The molecule has 1 rings (SSSR count). The van der Waals surface area contributed by atoms with Gasteiger partial charge in [0.15, 0.2) is 0 Å². The molecule has 0 aliphatic carbocycles. The van der Waals surface area contributed by atoms with Gasteiger partial charge in [0.25, 0.3) is 0 Å². The molecule has 5 nitrogen and oxygen atoms in total. The lowest BCUT2D eigenvalue weighted by molar-refractivity contribution is -0.145. The lowest BCUT2D eigenvalue weighted by Crippen LogP contribution is -2.66. The van der Waals surface area contributed by atoms with Crippen molar-refractivity contribution in [2.75, 3.05) is 6.54 Å². The molecule has 0 bridgehead atoms. The van der Waals surface area contributed by atoms with Gasteiger partial charge in [0.2, 0.25) is 0 Å². The summed E-state index contributed by atoms with van der Waals surface area (Å²) in [5.41, 5.74) is -1.15. The molecule has 5 heteroatoms. The fourth-order valence-corrected chi connectivity index (χ4v) is 2.35. The minimum atomic E-state index is -0.878. The number of amides is 1. The summed E-state index contributed by atoms with van der Waals surface area (Å²) in [7, 11) is 0. The zero-order valence-corrected chi connectivity index (χ0v) is 11.8. The van der Waals surface area contributed by atoms with E-state index in [1.807, 2.05) is 13.8 Å². The minimum absolute atomic E-state index is 0.0239. The van der Waals surface area contributed by atoms with E-state index in [0.717, 1.165) is 6.42 Å². The summed E-state index contributed by atoms with van der Waals surface area (Å²) in [6.45, 7) is 9.87. The first-order valence-corrected chi connectivity index (χ1v) is 6.31. The van der Waals surface area contributed by atoms with E-state index < -0.39 is 23.2 Å². The van der Waals surface area contributed by atoms with Gasteiger partial charge in [0, 0.05) is 6.54 Å². The Kier molecular flexibility index (Phi) is 3.93. The Hall–Kier alpha value is -1.26. The number of ether oxygens (including phenoxy) is 1. The quantitative estimate of drug-likeness (QED) is 0.843. The van der Waals surface area contributed by atoms with Crippen LogP contribution in [-0.4, -0.2) is 39.8 Å². The van der Waals surface area contributed by atoms with Gasteiger partial charge < -0.3 is 14.7 Å². The SMILES string of the molecule is CC(C)C1(CC(=O)O)CCN1C(=O)OC(C)(C)C. The van der Waals surface area contributed by atoms with E-state index in [1.54, 1.807) is 25.7 Å². The van der Waals surface area contributed by atoms with Gasteiger partial charge in [-0.05, 0) is 33.1 Å². The fourth-order valence-electron chi connectivity index (χ4n) is 2.35. The second-order valence-corrected chi connectivity index (χ2v) is 6.21. The molecule has 1 saturated heterocycles. The summed E-state index contributed by atoms with van der Waals surface area (Å²) in [6, 6.07) is 0. The molecule has 1 aliphatic rings. The molecular formula is C13H23NO4. The lowest BCUT2D eigenvalue weighted by atomic mass is 9.73. The third kappa shape index (κ3) is 2.94. The van der Waals surface area contributed by atoms with Crippen LogP contribution < -0.4 is 0 Å². The van der Waals surface area contributed by atoms with Gasteiger partial charge in [-0.2, -0.15) is 0 Å². The van der Waals surface area contributed by atoms with Gasteiger partial charge in [-0.15, -0.1) is 0 Å². The van der Waals surface area contributed by atoms with Crippen LogP contribution >= 0.6 is 0 Å². The third-order valence-electron chi connectivity index (χ3n) is 3.45. The number of carbonyl (C=O) groups is 2. The topological polar surface area (TPSA) is 66.8 Å². The summed E-state index contributed by atoms with van der Waals surface area (Å²) in [5.74, 6) is -0.785. The van der Waals surface area contributed by atoms with E-state index in [9.17, 15) is 9.59 Å². The molecule has 1 fully saturated rings.